The summed E-state index contributed by atoms with van der Waals surface area (Å²) in [4.78, 5) is 13.5. The van der Waals surface area contributed by atoms with Gasteiger partial charge in [0, 0.05) is 13.6 Å². The topological polar surface area (TPSA) is 29.5 Å². The van der Waals surface area contributed by atoms with Crippen molar-refractivity contribution in [3.63, 3.8) is 0 Å². The zero-order chi connectivity index (χ0) is 15.1. The number of ether oxygens (including phenoxy) is 1. The Kier molecular flexibility index (Phi) is 7.17. The van der Waals surface area contributed by atoms with Gasteiger partial charge >= 0.3 is 6.09 Å². The number of carbonyl (C=O) groups is 1. The Morgan fingerprint density at radius 2 is 1.74 bits per heavy atom. The second kappa shape index (κ2) is 7.56. The lowest BCUT2D eigenvalue weighted by atomic mass is 9.85. The molecule has 3 heteroatoms. The predicted octanol–water partition coefficient (Wildman–Crippen LogP) is 4.63. The van der Waals surface area contributed by atoms with Gasteiger partial charge in [-0.05, 0) is 45.4 Å². The molecule has 3 nitrogen and oxygen atoms in total. The first-order valence-corrected chi connectivity index (χ1v) is 7.16. The van der Waals surface area contributed by atoms with Crippen LogP contribution in [0.25, 0.3) is 0 Å². The molecule has 0 aliphatic carbocycles. The van der Waals surface area contributed by atoms with Crippen LogP contribution in [-0.4, -0.2) is 30.2 Å². The Morgan fingerprint density at radius 1 is 1.16 bits per heavy atom. The lowest BCUT2D eigenvalue weighted by Crippen LogP contribution is -2.36. The maximum Gasteiger partial charge on any atom is 0.410 e. The van der Waals surface area contributed by atoms with Gasteiger partial charge in [0.05, 0.1) is 0 Å². The molecular weight excluding hydrogens is 238 g/mol. The van der Waals surface area contributed by atoms with Crippen molar-refractivity contribution < 1.29 is 9.53 Å². The minimum absolute atomic E-state index is 0.210. The standard InChI is InChI=1S/C16H31NO2/c1-8-9-10-11-16(5,6)12-13-17(7)14(18)19-15(2,3)4/h9-10H,8,11-13H2,1-7H3/b10-9-. The molecule has 0 fully saturated rings. The summed E-state index contributed by atoms with van der Waals surface area (Å²) in [7, 11) is 1.80. The highest BCUT2D eigenvalue weighted by molar-refractivity contribution is 5.67. The zero-order valence-electron chi connectivity index (χ0n) is 13.7. The van der Waals surface area contributed by atoms with Crippen LogP contribution < -0.4 is 0 Å². The van der Waals surface area contributed by atoms with Crippen LogP contribution in [-0.2, 0) is 4.74 Å². The van der Waals surface area contributed by atoms with Crippen molar-refractivity contribution in [2.45, 2.75) is 66.4 Å². The molecule has 19 heavy (non-hydrogen) atoms. The fraction of sp³-hybridized carbons (Fsp3) is 0.812. The van der Waals surface area contributed by atoms with Gasteiger partial charge in [0.1, 0.15) is 5.60 Å². The van der Waals surface area contributed by atoms with E-state index in [0.717, 1.165) is 25.8 Å². The van der Waals surface area contributed by atoms with E-state index in [0.29, 0.717) is 0 Å². The van der Waals surface area contributed by atoms with E-state index in [1.807, 2.05) is 20.8 Å². The molecule has 0 saturated carbocycles. The zero-order valence-corrected chi connectivity index (χ0v) is 13.7. The summed E-state index contributed by atoms with van der Waals surface area (Å²) < 4.78 is 5.34. The Morgan fingerprint density at radius 3 is 2.21 bits per heavy atom. The summed E-state index contributed by atoms with van der Waals surface area (Å²) >= 11 is 0. The normalized spacial score (nSPS) is 12.8. The molecule has 0 aromatic carbocycles. The van der Waals surface area contributed by atoms with E-state index < -0.39 is 5.60 Å². The highest BCUT2D eigenvalue weighted by Gasteiger charge is 2.22. The number of allylic oxidation sites excluding steroid dienone is 2. The minimum Gasteiger partial charge on any atom is -0.444 e. The molecule has 0 aliphatic rings. The summed E-state index contributed by atoms with van der Waals surface area (Å²) in [6.07, 6.45) is 7.27. The van der Waals surface area contributed by atoms with Crippen LogP contribution in [0.1, 0.15) is 60.8 Å². The largest absolute Gasteiger partial charge is 0.444 e. The van der Waals surface area contributed by atoms with Crippen LogP contribution >= 0.6 is 0 Å². The third-order valence-electron chi connectivity index (χ3n) is 2.90. The molecule has 0 saturated heterocycles. The number of amides is 1. The van der Waals surface area contributed by atoms with Crippen molar-refractivity contribution in [3.05, 3.63) is 12.2 Å². The lowest BCUT2D eigenvalue weighted by Gasteiger charge is -2.28. The van der Waals surface area contributed by atoms with Crippen molar-refractivity contribution in [2.24, 2.45) is 5.41 Å². The molecule has 0 radical (unpaired) electrons. The Hall–Kier alpha value is -0.990. The van der Waals surface area contributed by atoms with E-state index >= 15 is 0 Å². The van der Waals surface area contributed by atoms with Gasteiger partial charge in [-0.2, -0.15) is 0 Å². The number of rotatable bonds is 6. The highest BCUT2D eigenvalue weighted by atomic mass is 16.6. The van der Waals surface area contributed by atoms with Crippen molar-refractivity contribution >= 4 is 6.09 Å². The van der Waals surface area contributed by atoms with Crippen molar-refractivity contribution in [2.75, 3.05) is 13.6 Å². The molecule has 0 aliphatic heterocycles. The smallest absolute Gasteiger partial charge is 0.410 e. The molecule has 0 rings (SSSR count). The summed E-state index contributed by atoms with van der Waals surface area (Å²) in [6.45, 7) is 13.0. The van der Waals surface area contributed by atoms with Gasteiger partial charge in [0.15, 0.2) is 0 Å². The van der Waals surface area contributed by atoms with Gasteiger partial charge in [-0.25, -0.2) is 4.79 Å². The fourth-order valence-electron chi connectivity index (χ4n) is 1.57. The summed E-state index contributed by atoms with van der Waals surface area (Å²) in [6, 6.07) is 0. The van der Waals surface area contributed by atoms with Crippen molar-refractivity contribution in [1.29, 1.82) is 0 Å². The summed E-state index contributed by atoms with van der Waals surface area (Å²) in [5.74, 6) is 0. The predicted molar refractivity (Wildman–Crippen MR) is 81.3 cm³/mol. The van der Waals surface area contributed by atoms with Gasteiger partial charge in [-0.15, -0.1) is 0 Å². The van der Waals surface area contributed by atoms with Crippen LogP contribution in [0, 0.1) is 5.41 Å². The van der Waals surface area contributed by atoms with E-state index in [9.17, 15) is 4.79 Å². The second-order valence-corrected chi connectivity index (χ2v) is 6.90. The summed E-state index contributed by atoms with van der Waals surface area (Å²) in [5, 5.41) is 0. The Labute approximate surface area is 119 Å². The molecule has 112 valence electrons. The molecule has 0 spiro atoms. The third-order valence-corrected chi connectivity index (χ3v) is 2.90. The fourth-order valence-corrected chi connectivity index (χ4v) is 1.57. The second-order valence-electron chi connectivity index (χ2n) is 6.90. The first kappa shape index (κ1) is 18.0. The third kappa shape index (κ3) is 9.57. The number of nitrogens with zero attached hydrogens (tertiary/aromatic N) is 1. The molecule has 0 atom stereocenters. The maximum absolute atomic E-state index is 11.8. The summed E-state index contributed by atoms with van der Waals surface area (Å²) in [5.41, 5.74) is -0.216. The van der Waals surface area contributed by atoms with Crippen LogP contribution in [0.15, 0.2) is 12.2 Å². The van der Waals surface area contributed by atoms with E-state index in [-0.39, 0.29) is 11.5 Å². The van der Waals surface area contributed by atoms with Gasteiger partial charge < -0.3 is 9.64 Å². The van der Waals surface area contributed by atoms with Crippen LogP contribution in [0.4, 0.5) is 4.79 Å². The van der Waals surface area contributed by atoms with Crippen LogP contribution in [0.3, 0.4) is 0 Å². The number of hydrogen-bond acceptors (Lipinski definition) is 2. The average Bonchev–Trinajstić information content (AvgIpc) is 2.24. The van der Waals surface area contributed by atoms with Crippen LogP contribution in [0.2, 0.25) is 0 Å². The van der Waals surface area contributed by atoms with Crippen molar-refractivity contribution in [1.82, 2.24) is 4.90 Å². The van der Waals surface area contributed by atoms with Gasteiger partial charge in [-0.1, -0.05) is 32.9 Å². The number of hydrogen-bond donors (Lipinski definition) is 0. The Bertz CT molecular complexity index is 300. The van der Waals surface area contributed by atoms with E-state index in [1.165, 1.54) is 0 Å². The van der Waals surface area contributed by atoms with Crippen LogP contribution in [0.5, 0.6) is 0 Å². The Balaban J connectivity index is 4.17. The quantitative estimate of drug-likeness (QED) is 0.658. The van der Waals surface area contributed by atoms with E-state index in [1.54, 1.807) is 11.9 Å². The molecule has 0 heterocycles. The van der Waals surface area contributed by atoms with Gasteiger partial charge in [-0.3, -0.25) is 0 Å². The van der Waals surface area contributed by atoms with Gasteiger partial charge in [0.2, 0.25) is 0 Å². The molecule has 0 aromatic heterocycles. The first-order chi connectivity index (χ1) is 8.57. The lowest BCUT2D eigenvalue weighted by molar-refractivity contribution is 0.0282. The molecule has 0 unspecified atom stereocenters. The first-order valence-electron chi connectivity index (χ1n) is 7.16. The van der Waals surface area contributed by atoms with E-state index in [4.69, 9.17) is 4.74 Å². The molecule has 0 bridgehead atoms. The monoisotopic (exact) mass is 269 g/mol. The maximum atomic E-state index is 11.8. The molecule has 0 N–H and O–H groups in total. The number of carbonyl (C=O) groups excluding carboxylic acids is 1. The van der Waals surface area contributed by atoms with Crippen molar-refractivity contribution in [3.8, 4) is 0 Å². The molecular formula is C16H31NO2. The SMILES string of the molecule is CC/C=C\CC(C)(C)CCN(C)C(=O)OC(C)(C)C. The van der Waals surface area contributed by atoms with E-state index in [2.05, 4.69) is 32.9 Å². The molecule has 0 aromatic rings. The minimum atomic E-state index is -0.426. The highest BCUT2D eigenvalue weighted by Crippen LogP contribution is 2.26. The van der Waals surface area contributed by atoms with Gasteiger partial charge in [0.25, 0.3) is 0 Å². The molecule has 1 amide bonds. The average molecular weight is 269 g/mol.